The highest BCUT2D eigenvalue weighted by molar-refractivity contribution is 7.90. The van der Waals surface area contributed by atoms with Gasteiger partial charge in [0, 0.05) is 18.0 Å². The normalized spacial score (nSPS) is 13.3. The summed E-state index contributed by atoms with van der Waals surface area (Å²) < 4.78 is 22.3. The highest BCUT2D eigenvalue weighted by atomic mass is 32.2. The number of rotatable bonds is 7. The maximum atomic E-state index is 11.2. The number of sulfone groups is 1. The summed E-state index contributed by atoms with van der Waals surface area (Å²) in [6, 6.07) is 8.17. The summed E-state index contributed by atoms with van der Waals surface area (Å²) in [5, 5.41) is 3.20. The average molecular weight is 269 g/mol. The van der Waals surface area contributed by atoms with Gasteiger partial charge in [0.25, 0.3) is 0 Å². The minimum absolute atomic E-state index is 0.0681. The van der Waals surface area contributed by atoms with Crippen molar-refractivity contribution in [3.8, 4) is 0 Å². The molecule has 0 aliphatic carbocycles. The van der Waals surface area contributed by atoms with Crippen LogP contribution >= 0.6 is 0 Å². The van der Waals surface area contributed by atoms with E-state index in [1.807, 2.05) is 19.1 Å². The van der Waals surface area contributed by atoms with E-state index in [4.69, 9.17) is 0 Å². The average Bonchev–Trinajstić information content (AvgIpc) is 2.25. The molecular weight excluding hydrogens is 246 g/mol. The predicted octanol–water partition coefficient (Wildman–Crippen LogP) is 2.87. The first kappa shape index (κ1) is 15.0. The Morgan fingerprint density at radius 1 is 1.22 bits per heavy atom. The van der Waals surface area contributed by atoms with Gasteiger partial charge in [0.15, 0.2) is 0 Å². The fourth-order valence-corrected chi connectivity index (χ4v) is 2.92. The molecule has 0 heterocycles. The van der Waals surface area contributed by atoms with Gasteiger partial charge >= 0.3 is 0 Å². The molecule has 0 bridgehead atoms. The second-order valence-electron chi connectivity index (χ2n) is 4.94. The van der Waals surface area contributed by atoms with E-state index in [1.54, 1.807) is 0 Å². The van der Waals surface area contributed by atoms with Crippen molar-refractivity contribution in [2.24, 2.45) is 0 Å². The fourth-order valence-electron chi connectivity index (χ4n) is 1.93. The van der Waals surface area contributed by atoms with Crippen LogP contribution in [0.3, 0.4) is 0 Å². The third kappa shape index (κ3) is 6.05. The SMILES string of the molecule is CCCCc1ccc(NC(C)CS(C)(=O)=O)cc1. The van der Waals surface area contributed by atoms with E-state index < -0.39 is 9.84 Å². The molecule has 0 amide bonds. The number of hydrogen-bond donors (Lipinski definition) is 1. The molecule has 0 spiro atoms. The van der Waals surface area contributed by atoms with Crippen LogP contribution in [0.4, 0.5) is 5.69 Å². The van der Waals surface area contributed by atoms with Crippen molar-refractivity contribution in [2.45, 2.75) is 39.2 Å². The van der Waals surface area contributed by atoms with Crippen molar-refractivity contribution in [3.05, 3.63) is 29.8 Å². The first-order valence-electron chi connectivity index (χ1n) is 6.44. The lowest BCUT2D eigenvalue weighted by Gasteiger charge is -2.14. The summed E-state index contributed by atoms with van der Waals surface area (Å²) in [5.41, 5.74) is 2.31. The fraction of sp³-hybridized carbons (Fsp3) is 0.571. The van der Waals surface area contributed by atoms with Crippen molar-refractivity contribution < 1.29 is 8.42 Å². The molecule has 0 fully saturated rings. The summed E-state index contributed by atoms with van der Waals surface area (Å²) >= 11 is 0. The maximum Gasteiger partial charge on any atom is 0.149 e. The standard InChI is InChI=1S/C14H23NO2S/c1-4-5-6-13-7-9-14(10-8-13)15-12(2)11-18(3,16)17/h7-10,12,15H,4-6,11H2,1-3H3. The highest BCUT2D eigenvalue weighted by Crippen LogP contribution is 2.13. The molecule has 0 saturated heterocycles. The third-order valence-corrected chi connectivity index (χ3v) is 3.84. The van der Waals surface area contributed by atoms with Crippen LogP contribution in [0.2, 0.25) is 0 Å². The Kier molecular flexibility index (Phi) is 5.66. The monoisotopic (exact) mass is 269 g/mol. The van der Waals surface area contributed by atoms with E-state index in [1.165, 1.54) is 24.7 Å². The molecule has 1 atom stereocenters. The van der Waals surface area contributed by atoms with Gasteiger partial charge in [-0.25, -0.2) is 8.42 Å². The van der Waals surface area contributed by atoms with Gasteiger partial charge in [-0.1, -0.05) is 25.5 Å². The molecule has 0 aliphatic rings. The second-order valence-corrected chi connectivity index (χ2v) is 7.12. The maximum absolute atomic E-state index is 11.2. The zero-order chi connectivity index (χ0) is 13.6. The Labute approximate surface area is 111 Å². The minimum Gasteiger partial charge on any atom is -0.382 e. The Morgan fingerprint density at radius 3 is 2.33 bits per heavy atom. The Balaban J connectivity index is 2.53. The van der Waals surface area contributed by atoms with Crippen LogP contribution in [0.1, 0.15) is 32.3 Å². The highest BCUT2D eigenvalue weighted by Gasteiger charge is 2.09. The van der Waals surface area contributed by atoms with Gasteiger partial charge in [0.2, 0.25) is 0 Å². The summed E-state index contributed by atoms with van der Waals surface area (Å²) in [6.45, 7) is 4.06. The second kappa shape index (κ2) is 6.78. The largest absolute Gasteiger partial charge is 0.382 e. The van der Waals surface area contributed by atoms with Crippen LogP contribution in [0.5, 0.6) is 0 Å². The molecule has 0 saturated carbocycles. The van der Waals surface area contributed by atoms with Crippen molar-refractivity contribution >= 4 is 15.5 Å². The predicted molar refractivity (Wildman–Crippen MR) is 77.8 cm³/mol. The lowest BCUT2D eigenvalue weighted by atomic mass is 10.1. The molecule has 102 valence electrons. The Bertz CT molecular complexity index is 451. The Morgan fingerprint density at radius 2 is 1.83 bits per heavy atom. The quantitative estimate of drug-likeness (QED) is 0.828. The van der Waals surface area contributed by atoms with E-state index in [0.717, 1.165) is 12.1 Å². The van der Waals surface area contributed by atoms with Crippen LogP contribution in [0, 0.1) is 0 Å². The van der Waals surface area contributed by atoms with Gasteiger partial charge in [-0.2, -0.15) is 0 Å². The number of hydrogen-bond acceptors (Lipinski definition) is 3. The number of benzene rings is 1. The zero-order valence-corrected chi connectivity index (χ0v) is 12.3. The minimum atomic E-state index is -2.93. The van der Waals surface area contributed by atoms with E-state index in [-0.39, 0.29) is 11.8 Å². The van der Waals surface area contributed by atoms with E-state index in [2.05, 4.69) is 24.4 Å². The van der Waals surface area contributed by atoms with Crippen LogP contribution in [-0.2, 0) is 16.3 Å². The van der Waals surface area contributed by atoms with Gasteiger partial charge in [-0.05, 0) is 37.5 Å². The summed E-state index contributed by atoms with van der Waals surface area (Å²) in [4.78, 5) is 0. The number of aryl methyl sites for hydroxylation is 1. The van der Waals surface area contributed by atoms with Crippen molar-refractivity contribution in [1.29, 1.82) is 0 Å². The number of nitrogens with one attached hydrogen (secondary N) is 1. The van der Waals surface area contributed by atoms with Crippen LogP contribution in [0.25, 0.3) is 0 Å². The van der Waals surface area contributed by atoms with Crippen molar-refractivity contribution in [1.82, 2.24) is 0 Å². The van der Waals surface area contributed by atoms with E-state index in [9.17, 15) is 8.42 Å². The summed E-state index contributed by atoms with van der Waals surface area (Å²) in [7, 11) is -2.93. The molecule has 1 aromatic rings. The number of anilines is 1. The van der Waals surface area contributed by atoms with Gasteiger partial charge in [0.05, 0.1) is 5.75 Å². The first-order chi connectivity index (χ1) is 8.40. The molecule has 18 heavy (non-hydrogen) atoms. The molecule has 1 N–H and O–H groups in total. The van der Waals surface area contributed by atoms with Gasteiger partial charge in [-0.3, -0.25) is 0 Å². The van der Waals surface area contributed by atoms with Crippen molar-refractivity contribution in [3.63, 3.8) is 0 Å². The van der Waals surface area contributed by atoms with Gasteiger partial charge < -0.3 is 5.32 Å². The third-order valence-electron chi connectivity index (χ3n) is 2.74. The first-order valence-corrected chi connectivity index (χ1v) is 8.50. The van der Waals surface area contributed by atoms with Gasteiger partial charge in [0.1, 0.15) is 9.84 Å². The van der Waals surface area contributed by atoms with Crippen molar-refractivity contribution in [2.75, 3.05) is 17.3 Å². The molecule has 1 rings (SSSR count). The lowest BCUT2D eigenvalue weighted by Crippen LogP contribution is -2.24. The molecule has 1 unspecified atom stereocenters. The summed E-state index contributed by atoms with van der Waals surface area (Å²) in [5.74, 6) is 0.157. The van der Waals surface area contributed by atoms with E-state index in [0.29, 0.717) is 0 Å². The molecular formula is C14H23NO2S. The smallest absolute Gasteiger partial charge is 0.149 e. The molecule has 3 nitrogen and oxygen atoms in total. The van der Waals surface area contributed by atoms with Crippen LogP contribution < -0.4 is 5.32 Å². The Hall–Kier alpha value is -1.03. The molecule has 0 aromatic heterocycles. The molecule has 0 aliphatic heterocycles. The lowest BCUT2D eigenvalue weighted by molar-refractivity contribution is 0.598. The van der Waals surface area contributed by atoms with E-state index >= 15 is 0 Å². The molecule has 0 radical (unpaired) electrons. The number of unbranched alkanes of at least 4 members (excludes halogenated alkanes) is 1. The topological polar surface area (TPSA) is 46.2 Å². The molecule has 1 aromatic carbocycles. The summed E-state index contributed by atoms with van der Waals surface area (Å²) in [6.07, 6.45) is 4.78. The zero-order valence-electron chi connectivity index (χ0n) is 11.4. The van der Waals surface area contributed by atoms with Crippen LogP contribution in [0.15, 0.2) is 24.3 Å². The van der Waals surface area contributed by atoms with Gasteiger partial charge in [-0.15, -0.1) is 0 Å². The molecule has 4 heteroatoms. The van der Waals surface area contributed by atoms with Crippen LogP contribution in [-0.4, -0.2) is 26.5 Å².